The topological polar surface area (TPSA) is 41.9 Å². The summed E-state index contributed by atoms with van der Waals surface area (Å²) in [6.07, 6.45) is -0.0494. The summed E-state index contributed by atoms with van der Waals surface area (Å²) in [6.45, 7) is 2.01. The Labute approximate surface area is 186 Å². The highest BCUT2D eigenvalue weighted by Crippen LogP contribution is 2.43. The normalized spacial score (nSPS) is 19.2. The molecule has 0 aromatic heterocycles. The van der Waals surface area contributed by atoms with Crippen molar-refractivity contribution in [3.63, 3.8) is 0 Å². The number of fused-ring (bicyclic) bond motifs is 4. The zero-order chi connectivity index (χ0) is 21.7. The van der Waals surface area contributed by atoms with Crippen molar-refractivity contribution < 1.29 is 9.53 Å². The van der Waals surface area contributed by atoms with Crippen molar-refractivity contribution in [3.8, 4) is 5.75 Å². The van der Waals surface area contributed by atoms with E-state index in [0.717, 1.165) is 34.6 Å². The molecule has 2 unspecified atom stereocenters. The zero-order valence-corrected chi connectivity index (χ0v) is 17.7. The summed E-state index contributed by atoms with van der Waals surface area (Å²) in [7, 11) is 0. The summed E-state index contributed by atoms with van der Waals surface area (Å²) in [5, 5.41) is 9.18. The van der Waals surface area contributed by atoms with E-state index in [0.29, 0.717) is 5.56 Å². The summed E-state index contributed by atoms with van der Waals surface area (Å²) in [6, 6.07) is 30.3. The SMILES string of the molecule is Cc1ccc(C(=O)C2Oc3ccccc3C3CC(c4ccc5ccccc5c4)=NN23)cc1. The van der Waals surface area contributed by atoms with Gasteiger partial charge in [0.25, 0.3) is 6.23 Å². The van der Waals surface area contributed by atoms with Crippen molar-refractivity contribution in [2.45, 2.75) is 25.6 Å². The van der Waals surface area contributed by atoms with E-state index in [1.54, 1.807) is 0 Å². The number of para-hydroxylation sites is 1. The molecule has 4 aromatic rings. The van der Waals surface area contributed by atoms with Gasteiger partial charge in [0.15, 0.2) is 0 Å². The predicted molar refractivity (Wildman–Crippen MR) is 126 cm³/mol. The molecule has 2 aliphatic rings. The molecule has 0 radical (unpaired) electrons. The Bertz CT molecular complexity index is 1370. The average Bonchev–Trinajstić information content (AvgIpc) is 3.29. The van der Waals surface area contributed by atoms with Gasteiger partial charge in [-0.25, -0.2) is 5.01 Å². The maximum atomic E-state index is 13.4. The largest absolute Gasteiger partial charge is 0.461 e. The van der Waals surface area contributed by atoms with Crippen LogP contribution in [-0.4, -0.2) is 22.7 Å². The second kappa shape index (κ2) is 7.34. The molecule has 4 heteroatoms. The first-order chi connectivity index (χ1) is 15.7. The molecule has 0 bridgehead atoms. The molecule has 0 N–H and O–H groups in total. The van der Waals surface area contributed by atoms with Crippen LogP contribution in [0.25, 0.3) is 10.8 Å². The first-order valence-electron chi connectivity index (χ1n) is 10.9. The predicted octanol–water partition coefficient (Wildman–Crippen LogP) is 5.90. The number of rotatable bonds is 3. The number of aryl methyl sites for hydroxylation is 1. The Balaban J connectivity index is 1.42. The van der Waals surface area contributed by atoms with Gasteiger partial charge < -0.3 is 4.74 Å². The maximum Gasteiger partial charge on any atom is 0.251 e. The summed E-state index contributed by atoms with van der Waals surface area (Å²) < 4.78 is 6.22. The van der Waals surface area contributed by atoms with Crippen LogP contribution in [0.4, 0.5) is 0 Å². The lowest BCUT2D eigenvalue weighted by molar-refractivity contribution is -0.00455. The smallest absolute Gasteiger partial charge is 0.251 e. The van der Waals surface area contributed by atoms with Crippen LogP contribution in [0.5, 0.6) is 5.75 Å². The van der Waals surface area contributed by atoms with Crippen molar-refractivity contribution in [3.05, 3.63) is 113 Å². The van der Waals surface area contributed by atoms with Gasteiger partial charge >= 0.3 is 0 Å². The van der Waals surface area contributed by atoms with Crippen molar-refractivity contribution in [1.29, 1.82) is 0 Å². The Kier molecular flexibility index (Phi) is 4.32. The minimum Gasteiger partial charge on any atom is -0.461 e. The van der Waals surface area contributed by atoms with E-state index in [9.17, 15) is 4.79 Å². The van der Waals surface area contributed by atoms with Crippen LogP contribution < -0.4 is 4.74 Å². The highest BCUT2D eigenvalue weighted by Gasteiger charge is 2.43. The van der Waals surface area contributed by atoms with E-state index >= 15 is 0 Å². The Morgan fingerprint density at radius 1 is 0.906 bits per heavy atom. The van der Waals surface area contributed by atoms with Crippen LogP contribution in [0.3, 0.4) is 0 Å². The lowest BCUT2D eigenvalue weighted by Gasteiger charge is -2.37. The molecule has 0 saturated carbocycles. The molecule has 4 aromatic carbocycles. The Morgan fingerprint density at radius 3 is 2.50 bits per heavy atom. The number of nitrogens with zero attached hydrogens (tertiary/aromatic N) is 2. The quantitative estimate of drug-likeness (QED) is 0.389. The third-order valence-electron chi connectivity index (χ3n) is 6.34. The van der Waals surface area contributed by atoms with Gasteiger partial charge in [0.05, 0.1) is 11.8 Å². The molecule has 0 amide bonds. The fraction of sp³-hybridized carbons (Fsp3) is 0.143. The summed E-state index contributed by atoms with van der Waals surface area (Å²) >= 11 is 0. The summed E-state index contributed by atoms with van der Waals surface area (Å²) in [5.41, 5.74) is 4.88. The van der Waals surface area contributed by atoms with Gasteiger partial charge in [-0.3, -0.25) is 4.79 Å². The fourth-order valence-corrected chi connectivity index (χ4v) is 4.61. The lowest BCUT2D eigenvalue weighted by Crippen LogP contribution is -2.45. The van der Waals surface area contributed by atoms with Crippen molar-refractivity contribution >= 4 is 22.3 Å². The monoisotopic (exact) mass is 418 g/mol. The lowest BCUT2D eigenvalue weighted by atomic mass is 9.95. The highest BCUT2D eigenvalue weighted by atomic mass is 16.5. The highest BCUT2D eigenvalue weighted by molar-refractivity contribution is 6.05. The van der Waals surface area contributed by atoms with E-state index in [-0.39, 0.29) is 11.8 Å². The molecule has 2 aliphatic heterocycles. The maximum absolute atomic E-state index is 13.4. The number of carbonyl (C=O) groups is 1. The van der Waals surface area contributed by atoms with Crippen molar-refractivity contribution in [2.75, 3.05) is 0 Å². The van der Waals surface area contributed by atoms with Crippen molar-refractivity contribution in [2.24, 2.45) is 5.10 Å². The van der Waals surface area contributed by atoms with E-state index in [1.165, 1.54) is 10.8 Å². The summed E-state index contributed by atoms with van der Waals surface area (Å²) in [4.78, 5) is 13.4. The number of hydrogen-bond acceptors (Lipinski definition) is 4. The molecule has 0 saturated heterocycles. The molecule has 0 fully saturated rings. The van der Waals surface area contributed by atoms with E-state index in [1.807, 2.05) is 66.5 Å². The standard InChI is InChI=1S/C28H22N2O2/c1-18-10-12-20(13-11-18)27(31)28-30-25(23-8-4-5-9-26(23)32-28)17-24(29-30)22-15-14-19-6-2-3-7-21(19)16-22/h2-16,25,28H,17H2,1H3. The van der Waals surface area contributed by atoms with E-state index < -0.39 is 6.23 Å². The van der Waals surface area contributed by atoms with Crippen LogP contribution in [0.2, 0.25) is 0 Å². The molecule has 0 aliphatic carbocycles. The average molecular weight is 418 g/mol. The summed E-state index contributed by atoms with van der Waals surface area (Å²) in [5.74, 6) is 0.683. The number of benzene rings is 4. The molecule has 32 heavy (non-hydrogen) atoms. The second-order valence-corrected chi connectivity index (χ2v) is 8.45. The van der Waals surface area contributed by atoms with Crippen LogP contribution in [-0.2, 0) is 0 Å². The molecular formula is C28H22N2O2. The Hall–Kier alpha value is -3.92. The molecule has 6 rings (SSSR count). The molecule has 0 spiro atoms. The van der Waals surface area contributed by atoms with Gasteiger partial charge in [-0.15, -0.1) is 0 Å². The van der Waals surface area contributed by atoms with Gasteiger partial charge in [-0.05, 0) is 35.4 Å². The van der Waals surface area contributed by atoms with E-state index in [2.05, 4.69) is 36.4 Å². The number of carbonyl (C=O) groups excluding carboxylic acids is 1. The van der Waals surface area contributed by atoms with Crippen LogP contribution in [0.15, 0.2) is 96.1 Å². The number of hydrazone groups is 1. The number of ether oxygens (including phenoxy) is 1. The molecule has 2 atom stereocenters. The number of Topliss-reactive ketones (excluding diaryl/α,β-unsaturated/α-hetero) is 1. The number of hydrogen-bond donors (Lipinski definition) is 0. The number of ketones is 1. The van der Waals surface area contributed by atoms with Crippen LogP contribution in [0.1, 0.15) is 39.5 Å². The van der Waals surface area contributed by atoms with Crippen LogP contribution in [0, 0.1) is 6.92 Å². The first kappa shape index (κ1) is 18.8. The fourth-order valence-electron chi connectivity index (χ4n) is 4.61. The van der Waals surface area contributed by atoms with Crippen LogP contribution >= 0.6 is 0 Å². The Morgan fingerprint density at radius 2 is 1.66 bits per heavy atom. The molecule has 156 valence electrons. The van der Waals surface area contributed by atoms with Gasteiger partial charge in [-0.2, -0.15) is 5.10 Å². The van der Waals surface area contributed by atoms with Gasteiger partial charge in [0, 0.05) is 17.5 Å². The third kappa shape index (κ3) is 3.07. The minimum absolute atomic E-state index is 0.0270. The minimum atomic E-state index is -0.782. The third-order valence-corrected chi connectivity index (χ3v) is 6.34. The molecule has 2 heterocycles. The van der Waals surface area contributed by atoms with Gasteiger partial charge in [0.2, 0.25) is 5.78 Å². The second-order valence-electron chi connectivity index (χ2n) is 8.45. The zero-order valence-electron chi connectivity index (χ0n) is 17.7. The molecule has 4 nitrogen and oxygen atoms in total. The van der Waals surface area contributed by atoms with Crippen molar-refractivity contribution in [1.82, 2.24) is 5.01 Å². The van der Waals surface area contributed by atoms with Gasteiger partial charge in [-0.1, -0.05) is 84.4 Å². The first-order valence-corrected chi connectivity index (χ1v) is 10.9. The van der Waals surface area contributed by atoms with Gasteiger partial charge in [0.1, 0.15) is 5.75 Å². The van der Waals surface area contributed by atoms with E-state index in [4.69, 9.17) is 9.84 Å². The molecular weight excluding hydrogens is 396 g/mol.